The standard InChI is InChI=1S/C14H11BrN4O3S/c15-11-3-5-12(6-4-11)23(20,21)17-9-13-18-19-14(22-13)10-2-1-7-16-8-10/h1-8,17H,9H2. The highest BCUT2D eigenvalue weighted by atomic mass is 79.9. The molecule has 3 rings (SSSR count). The minimum Gasteiger partial charge on any atom is -0.419 e. The number of pyridine rings is 1. The summed E-state index contributed by atoms with van der Waals surface area (Å²) in [5.41, 5.74) is 0.669. The lowest BCUT2D eigenvalue weighted by Gasteiger charge is -2.04. The molecule has 0 saturated carbocycles. The van der Waals surface area contributed by atoms with E-state index in [-0.39, 0.29) is 23.2 Å². The van der Waals surface area contributed by atoms with Crippen molar-refractivity contribution in [1.29, 1.82) is 0 Å². The minimum atomic E-state index is -3.64. The Bertz CT molecular complexity index is 895. The van der Waals surface area contributed by atoms with E-state index in [2.05, 4.69) is 35.8 Å². The number of nitrogens with zero attached hydrogens (tertiary/aromatic N) is 3. The van der Waals surface area contributed by atoms with E-state index in [1.807, 2.05) is 0 Å². The maximum atomic E-state index is 12.2. The molecule has 1 N–H and O–H groups in total. The SMILES string of the molecule is O=S(=O)(NCc1nnc(-c2cccnc2)o1)c1ccc(Br)cc1. The Kier molecular flexibility index (Phi) is 4.51. The fourth-order valence-corrected chi connectivity index (χ4v) is 3.02. The van der Waals surface area contributed by atoms with E-state index in [0.29, 0.717) is 5.56 Å². The monoisotopic (exact) mass is 394 g/mol. The average molecular weight is 395 g/mol. The van der Waals surface area contributed by atoms with Crippen LogP contribution in [0.5, 0.6) is 0 Å². The number of benzene rings is 1. The van der Waals surface area contributed by atoms with Gasteiger partial charge >= 0.3 is 0 Å². The van der Waals surface area contributed by atoms with Gasteiger partial charge in [0.05, 0.1) is 17.0 Å². The molecule has 0 unspecified atom stereocenters. The van der Waals surface area contributed by atoms with Crippen LogP contribution < -0.4 is 4.72 Å². The molecule has 23 heavy (non-hydrogen) atoms. The van der Waals surface area contributed by atoms with Gasteiger partial charge in [0.1, 0.15) is 0 Å². The third-order valence-electron chi connectivity index (χ3n) is 2.91. The summed E-state index contributed by atoms with van der Waals surface area (Å²) >= 11 is 3.26. The van der Waals surface area contributed by atoms with Crippen LogP contribution in [0, 0.1) is 0 Å². The predicted octanol–water partition coefficient (Wildman–Crippen LogP) is 2.37. The van der Waals surface area contributed by atoms with Crippen LogP contribution in [0.3, 0.4) is 0 Å². The molecule has 0 bridgehead atoms. The van der Waals surface area contributed by atoms with Crippen LogP contribution in [0.15, 0.2) is 62.6 Å². The van der Waals surface area contributed by atoms with E-state index in [0.717, 1.165) is 4.47 Å². The zero-order valence-corrected chi connectivity index (χ0v) is 14.1. The second kappa shape index (κ2) is 6.57. The smallest absolute Gasteiger partial charge is 0.249 e. The molecular formula is C14H11BrN4O3S. The highest BCUT2D eigenvalue weighted by molar-refractivity contribution is 9.10. The van der Waals surface area contributed by atoms with Gasteiger partial charge < -0.3 is 4.42 Å². The first-order valence-corrected chi connectivity index (χ1v) is 8.80. The van der Waals surface area contributed by atoms with Crippen LogP contribution in [-0.2, 0) is 16.6 Å². The second-order valence-electron chi connectivity index (χ2n) is 4.52. The van der Waals surface area contributed by atoms with Crippen molar-refractivity contribution < 1.29 is 12.8 Å². The summed E-state index contributed by atoms with van der Waals surface area (Å²) in [5.74, 6) is 0.459. The van der Waals surface area contributed by atoms with Gasteiger partial charge in [0.15, 0.2) is 0 Å². The molecule has 0 amide bonds. The summed E-state index contributed by atoms with van der Waals surface area (Å²) in [5, 5.41) is 7.70. The third-order valence-corrected chi connectivity index (χ3v) is 4.86. The van der Waals surface area contributed by atoms with E-state index in [4.69, 9.17) is 4.42 Å². The number of nitrogens with one attached hydrogen (secondary N) is 1. The molecule has 0 atom stereocenters. The first-order chi connectivity index (χ1) is 11.0. The van der Waals surface area contributed by atoms with Crippen molar-refractivity contribution in [1.82, 2.24) is 19.9 Å². The lowest BCUT2D eigenvalue weighted by Crippen LogP contribution is -2.23. The molecule has 0 spiro atoms. The van der Waals surface area contributed by atoms with Gasteiger partial charge in [0.2, 0.25) is 21.8 Å². The Labute approximate surface area is 141 Å². The Morgan fingerprint density at radius 1 is 1.13 bits per heavy atom. The number of hydrogen-bond acceptors (Lipinski definition) is 6. The normalized spacial score (nSPS) is 11.5. The quantitative estimate of drug-likeness (QED) is 0.712. The Morgan fingerprint density at radius 2 is 1.91 bits per heavy atom. The van der Waals surface area contributed by atoms with Crippen molar-refractivity contribution in [3.63, 3.8) is 0 Å². The molecule has 1 aromatic carbocycles. The summed E-state index contributed by atoms with van der Waals surface area (Å²) in [6.07, 6.45) is 3.22. The van der Waals surface area contributed by atoms with E-state index in [9.17, 15) is 8.42 Å². The fourth-order valence-electron chi connectivity index (χ4n) is 1.78. The zero-order chi connectivity index (χ0) is 16.3. The molecule has 118 valence electrons. The molecule has 0 saturated heterocycles. The second-order valence-corrected chi connectivity index (χ2v) is 7.20. The molecular weight excluding hydrogens is 384 g/mol. The number of sulfonamides is 1. The van der Waals surface area contributed by atoms with Gasteiger partial charge in [-0.3, -0.25) is 4.98 Å². The first kappa shape index (κ1) is 15.8. The summed E-state index contributed by atoms with van der Waals surface area (Å²) in [7, 11) is -3.64. The zero-order valence-electron chi connectivity index (χ0n) is 11.7. The van der Waals surface area contributed by atoms with Crippen molar-refractivity contribution in [2.24, 2.45) is 0 Å². The summed E-state index contributed by atoms with van der Waals surface area (Å²) in [6, 6.07) is 9.83. The third kappa shape index (κ3) is 3.81. The van der Waals surface area contributed by atoms with Crippen LogP contribution >= 0.6 is 15.9 Å². The Morgan fingerprint density at radius 3 is 2.61 bits per heavy atom. The largest absolute Gasteiger partial charge is 0.419 e. The van der Waals surface area contributed by atoms with E-state index in [1.165, 1.54) is 12.1 Å². The van der Waals surface area contributed by atoms with Crippen LogP contribution in [0.1, 0.15) is 5.89 Å². The predicted molar refractivity (Wildman–Crippen MR) is 85.7 cm³/mol. The van der Waals surface area contributed by atoms with Crippen LogP contribution in [0.4, 0.5) is 0 Å². The molecule has 0 radical (unpaired) electrons. The highest BCUT2D eigenvalue weighted by Crippen LogP contribution is 2.17. The lowest BCUT2D eigenvalue weighted by molar-refractivity contribution is 0.494. The van der Waals surface area contributed by atoms with Crippen molar-refractivity contribution in [3.05, 3.63) is 59.2 Å². The van der Waals surface area contributed by atoms with Gasteiger partial charge in [-0.25, -0.2) is 13.1 Å². The summed E-state index contributed by atoms with van der Waals surface area (Å²) < 4.78 is 33.0. The van der Waals surface area contributed by atoms with E-state index in [1.54, 1.807) is 36.7 Å². The minimum absolute atomic E-state index is 0.0916. The van der Waals surface area contributed by atoms with Gasteiger partial charge in [-0.15, -0.1) is 10.2 Å². The molecule has 9 heteroatoms. The molecule has 2 heterocycles. The molecule has 7 nitrogen and oxygen atoms in total. The molecule has 0 aliphatic rings. The average Bonchev–Trinajstić information content (AvgIpc) is 3.03. The van der Waals surface area contributed by atoms with E-state index >= 15 is 0 Å². The Balaban J connectivity index is 1.71. The van der Waals surface area contributed by atoms with Crippen LogP contribution in [-0.4, -0.2) is 23.6 Å². The van der Waals surface area contributed by atoms with Gasteiger partial charge in [0, 0.05) is 16.9 Å². The maximum absolute atomic E-state index is 12.2. The fraction of sp³-hybridized carbons (Fsp3) is 0.0714. The summed E-state index contributed by atoms with van der Waals surface area (Å²) in [6.45, 7) is -0.0916. The first-order valence-electron chi connectivity index (χ1n) is 6.52. The topological polar surface area (TPSA) is 98.0 Å². The molecule has 3 aromatic rings. The molecule has 0 aliphatic carbocycles. The van der Waals surface area contributed by atoms with Crippen LogP contribution in [0.25, 0.3) is 11.5 Å². The number of aromatic nitrogens is 3. The van der Waals surface area contributed by atoms with Gasteiger partial charge in [-0.05, 0) is 36.4 Å². The number of halogens is 1. The maximum Gasteiger partial charge on any atom is 0.249 e. The van der Waals surface area contributed by atoms with Gasteiger partial charge in [0.25, 0.3) is 0 Å². The molecule has 0 fully saturated rings. The van der Waals surface area contributed by atoms with Crippen molar-refractivity contribution in [2.45, 2.75) is 11.4 Å². The van der Waals surface area contributed by atoms with E-state index < -0.39 is 10.0 Å². The lowest BCUT2D eigenvalue weighted by atomic mass is 10.3. The highest BCUT2D eigenvalue weighted by Gasteiger charge is 2.16. The van der Waals surface area contributed by atoms with Gasteiger partial charge in [-0.2, -0.15) is 0 Å². The Hall–Kier alpha value is -2.10. The molecule has 0 aliphatic heterocycles. The number of hydrogen-bond donors (Lipinski definition) is 1. The summed E-state index contributed by atoms with van der Waals surface area (Å²) in [4.78, 5) is 4.12. The van der Waals surface area contributed by atoms with Crippen molar-refractivity contribution in [3.8, 4) is 11.5 Å². The van der Waals surface area contributed by atoms with Gasteiger partial charge in [-0.1, -0.05) is 15.9 Å². The van der Waals surface area contributed by atoms with Crippen molar-refractivity contribution in [2.75, 3.05) is 0 Å². The number of rotatable bonds is 5. The molecule has 2 aromatic heterocycles. The van der Waals surface area contributed by atoms with Crippen LogP contribution in [0.2, 0.25) is 0 Å². The van der Waals surface area contributed by atoms with Crippen molar-refractivity contribution >= 4 is 26.0 Å².